The van der Waals surface area contributed by atoms with Crippen molar-refractivity contribution >= 4 is 11.0 Å². The Morgan fingerprint density at radius 2 is 1.69 bits per heavy atom. The number of hydrogen-bond acceptors (Lipinski definition) is 11. The first-order valence-electron chi connectivity index (χ1n) is 9.70. The largest absolute Gasteiger partial charge is 0.508 e. The molecule has 1 fully saturated rings. The fourth-order valence-electron chi connectivity index (χ4n) is 3.64. The molecule has 0 bridgehead atoms. The average molecular weight is 450 g/mol. The summed E-state index contributed by atoms with van der Waals surface area (Å²) in [4.78, 5) is 12.4. The molecule has 4 rings (SSSR count). The van der Waals surface area contributed by atoms with E-state index in [1.54, 1.807) is 0 Å². The van der Waals surface area contributed by atoms with Gasteiger partial charge in [0.1, 0.15) is 52.6 Å². The van der Waals surface area contributed by atoms with Gasteiger partial charge >= 0.3 is 0 Å². The van der Waals surface area contributed by atoms with E-state index in [2.05, 4.69) is 0 Å². The molecule has 1 aromatic heterocycles. The summed E-state index contributed by atoms with van der Waals surface area (Å²) in [7, 11) is 0. The summed E-state index contributed by atoms with van der Waals surface area (Å²) in [5.74, 6) is -0.973. The van der Waals surface area contributed by atoms with E-state index >= 15 is 0 Å². The van der Waals surface area contributed by atoms with Crippen molar-refractivity contribution in [2.45, 2.75) is 42.4 Å². The van der Waals surface area contributed by atoms with E-state index in [0.717, 1.165) is 18.2 Å². The number of aliphatic hydroxyl groups is 5. The Morgan fingerprint density at radius 1 is 1.00 bits per heavy atom. The van der Waals surface area contributed by atoms with Crippen LogP contribution in [0.4, 0.5) is 0 Å². The number of aromatic hydroxyl groups is 2. The van der Waals surface area contributed by atoms with Gasteiger partial charge in [-0.2, -0.15) is 0 Å². The molecule has 7 N–H and O–H groups in total. The minimum absolute atomic E-state index is 0.125. The molecule has 1 aliphatic carbocycles. The second kappa shape index (κ2) is 8.30. The van der Waals surface area contributed by atoms with Crippen molar-refractivity contribution in [1.82, 2.24) is 0 Å². The monoisotopic (exact) mass is 450 g/mol. The fourth-order valence-corrected chi connectivity index (χ4v) is 3.64. The lowest BCUT2D eigenvalue weighted by Crippen LogP contribution is -2.59. The summed E-state index contributed by atoms with van der Waals surface area (Å²) in [5, 5.41) is 69.3. The van der Waals surface area contributed by atoms with Crippen LogP contribution in [0.2, 0.25) is 0 Å². The lowest BCUT2D eigenvalue weighted by atomic mass is 9.93. The molecule has 11 nitrogen and oxygen atoms in total. The molecule has 5 atom stereocenters. The fraction of sp³-hybridized carbons (Fsp3) is 0.381. The lowest BCUT2D eigenvalue weighted by Gasteiger charge is -2.40. The Morgan fingerprint density at radius 3 is 2.34 bits per heavy atom. The van der Waals surface area contributed by atoms with Gasteiger partial charge < -0.3 is 49.6 Å². The minimum Gasteiger partial charge on any atom is -0.508 e. The van der Waals surface area contributed by atoms with Crippen LogP contribution >= 0.6 is 0 Å². The van der Waals surface area contributed by atoms with Gasteiger partial charge in [0.15, 0.2) is 17.3 Å². The molecule has 2 heterocycles. The van der Waals surface area contributed by atoms with Gasteiger partial charge in [0.2, 0.25) is 0 Å². The molecule has 2 aromatic rings. The number of ether oxygens (including phenoxy) is 2. The molecule has 0 saturated carbocycles. The first-order chi connectivity index (χ1) is 15.1. The van der Waals surface area contributed by atoms with Crippen LogP contribution in [0.25, 0.3) is 11.0 Å². The number of aliphatic hydroxyl groups excluding tert-OH is 4. The number of benzene rings is 1. The van der Waals surface area contributed by atoms with Gasteiger partial charge in [-0.3, -0.25) is 4.79 Å². The Balaban J connectivity index is 1.55. The highest BCUT2D eigenvalue weighted by atomic mass is 16.7. The van der Waals surface area contributed by atoms with Gasteiger partial charge in [0.25, 0.3) is 0 Å². The maximum Gasteiger partial charge on any atom is 0.196 e. The molecular formula is C21H22O11. The summed E-state index contributed by atoms with van der Waals surface area (Å²) in [6, 6.07) is 3.13. The summed E-state index contributed by atoms with van der Waals surface area (Å²) >= 11 is 0. The molecular weight excluding hydrogens is 428 g/mol. The minimum atomic E-state index is -1.86. The number of phenolic OH excluding ortho intramolecular Hbond substituents is 2. The van der Waals surface area contributed by atoms with Crippen molar-refractivity contribution in [3.8, 4) is 11.5 Å². The van der Waals surface area contributed by atoms with E-state index in [1.165, 1.54) is 24.3 Å². The van der Waals surface area contributed by atoms with E-state index in [-0.39, 0.29) is 22.5 Å². The second-order valence-corrected chi connectivity index (χ2v) is 7.65. The highest BCUT2D eigenvalue weighted by Gasteiger charge is 2.45. The molecule has 1 saturated heterocycles. The standard InChI is InChI=1S/C21H22O11/c22-8-14-17(26)18(27)19(28)20(32-14)30-10-1-3-21(29,4-2-10)15-7-12(25)16-11(24)5-9(23)6-13(16)31-15/h1-7,10,14,17-20,22-24,26-29H,8H2/t10?,14-,17-,18+,19-,20-,21?/m1/s1. The maximum atomic E-state index is 12.4. The second-order valence-electron chi connectivity index (χ2n) is 7.65. The van der Waals surface area contributed by atoms with Crippen LogP contribution in [0.5, 0.6) is 11.5 Å². The number of phenols is 2. The van der Waals surface area contributed by atoms with Crippen LogP contribution in [-0.2, 0) is 15.1 Å². The molecule has 32 heavy (non-hydrogen) atoms. The van der Waals surface area contributed by atoms with E-state index in [0.29, 0.717) is 0 Å². The number of fused-ring (bicyclic) bond motifs is 1. The van der Waals surface area contributed by atoms with Gasteiger partial charge in [0.05, 0.1) is 12.7 Å². The van der Waals surface area contributed by atoms with Gasteiger partial charge in [-0.1, -0.05) is 12.2 Å². The van der Waals surface area contributed by atoms with E-state index in [1.807, 2.05) is 0 Å². The number of hydrogen-bond donors (Lipinski definition) is 7. The maximum absolute atomic E-state index is 12.4. The molecule has 0 spiro atoms. The molecule has 1 aromatic carbocycles. The normalized spacial score (nSPS) is 34.8. The van der Waals surface area contributed by atoms with E-state index in [9.17, 15) is 40.5 Å². The van der Waals surface area contributed by atoms with Crippen LogP contribution in [0.15, 0.2) is 51.7 Å². The van der Waals surface area contributed by atoms with Gasteiger partial charge in [-0.05, 0) is 12.2 Å². The molecule has 11 heteroatoms. The van der Waals surface area contributed by atoms with Crippen LogP contribution in [-0.4, -0.2) is 79.2 Å². The Bertz CT molecular complexity index is 1100. The highest BCUT2D eigenvalue weighted by molar-refractivity contribution is 5.84. The van der Waals surface area contributed by atoms with Crippen molar-refractivity contribution in [2.75, 3.05) is 6.61 Å². The van der Waals surface area contributed by atoms with Crippen LogP contribution in [0.3, 0.4) is 0 Å². The third kappa shape index (κ3) is 3.91. The molecule has 2 aliphatic rings. The first-order valence-corrected chi connectivity index (χ1v) is 9.70. The predicted octanol–water partition coefficient (Wildman–Crippen LogP) is -1.30. The highest BCUT2D eigenvalue weighted by Crippen LogP contribution is 2.34. The lowest BCUT2D eigenvalue weighted by molar-refractivity contribution is -0.304. The zero-order chi connectivity index (χ0) is 23.2. The third-order valence-corrected chi connectivity index (χ3v) is 5.41. The SMILES string of the molecule is O=c1cc(C2(O)C=CC(O[C@@H]3O[C@H](CO)[C@@H](O)[C@H](O)[C@H]3O)C=C2)oc2cc(O)cc(O)c12. The smallest absolute Gasteiger partial charge is 0.196 e. The third-order valence-electron chi connectivity index (χ3n) is 5.41. The van der Waals surface area contributed by atoms with Gasteiger partial charge in [-0.15, -0.1) is 0 Å². The van der Waals surface area contributed by atoms with Crippen molar-refractivity contribution in [3.63, 3.8) is 0 Å². The first kappa shape index (κ1) is 22.4. The summed E-state index contributed by atoms with van der Waals surface area (Å²) in [6.45, 7) is -0.604. The topological polar surface area (TPSA) is 190 Å². The van der Waals surface area contributed by atoms with Crippen LogP contribution in [0.1, 0.15) is 5.76 Å². The Hall–Kier alpha value is -2.77. The molecule has 172 valence electrons. The molecule has 0 unspecified atom stereocenters. The Kier molecular flexibility index (Phi) is 5.81. The molecule has 0 amide bonds. The quantitative estimate of drug-likeness (QED) is 0.274. The summed E-state index contributed by atoms with van der Waals surface area (Å²) in [5.41, 5.74) is -2.61. The van der Waals surface area contributed by atoms with Crippen molar-refractivity contribution in [2.24, 2.45) is 0 Å². The van der Waals surface area contributed by atoms with Crippen molar-refractivity contribution in [3.05, 3.63) is 58.5 Å². The number of rotatable bonds is 4. The summed E-state index contributed by atoms with van der Waals surface area (Å²) < 4.78 is 16.4. The molecule has 1 aliphatic heterocycles. The van der Waals surface area contributed by atoms with Gasteiger partial charge in [-0.25, -0.2) is 0 Å². The van der Waals surface area contributed by atoms with Crippen LogP contribution in [0, 0.1) is 0 Å². The van der Waals surface area contributed by atoms with Crippen molar-refractivity contribution in [1.29, 1.82) is 0 Å². The zero-order valence-electron chi connectivity index (χ0n) is 16.5. The van der Waals surface area contributed by atoms with E-state index in [4.69, 9.17) is 13.9 Å². The predicted molar refractivity (Wildman–Crippen MR) is 107 cm³/mol. The summed E-state index contributed by atoms with van der Waals surface area (Å²) in [6.07, 6.45) is -2.77. The van der Waals surface area contributed by atoms with Crippen LogP contribution < -0.4 is 5.43 Å². The Labute approximate surface area is 180 Å². The molecule has 0 radical (unpaired) electrons. The van der Waals surface area contributed by atoms with Gasteiger partial charge in [0, 0.05) is 18.2 Å². The van der Waals surface area contributed by atoms with E-state index < -0.39 is 60.2 Å². The average Bonchev–Trinajstić information content (AvgIpc) is 2.75. The zero-order valence-corrected chi connectivity index (χ0v) is 16.5. The van der Waals surface area contributed by atoms with Crippen molar-refractivity contribution < 1.29 is 49.6 Å².